The largest absolute Gasteiger partial charge is 0.359 e. The first-order valence-electron chi connectivity index (χ1n) is 4.50. The predicted octanol–water partition coefficient (Wildman–Crippen LogP) is 1.77. The van der Waals surface area contributed by atoms with Crippen LogP contribution in [-0.4, -0.2) is 16.0 Å². The molecule has 16 heavy (non-hydrogen) atoms. The Labute approximate surface area is 90.3 Å². The SMILES string of the molecule is Cc1oncc1NC(=O)c1ccncc1F. The van der Waals surface area contributed by atoms with Crippen LogP contribution < -0.4 is 5.32 Å². The molecule has 0 bridgehead atoms. The second-order valence-electron chi connectivity index (χ2n) is 3.11. The van der Waals surface area contributed by atoms with Gasteiger partial charge in [-0.2, -0.15) is 0 Å². The molecule has 1 amide bonds. The van der Waals surface area contributed by atoms with Crippen LogP contribution in [-0.2, 0) is 0 Å². The zero-order chi connectivity index (χ0) is 11.5. The van der Waals surface area contributed by atoms with E-state index in [1.54, 1.807) is 6.92 Å². The number of nitrogens with zero attached hydrogens (tertiary/aromatic N) is 2. The minimum absolute atomic E-state index is 0.0735. The smallest absolute Gasteiger partial charge is 0.258 e. The van der Waals surface area contributed by atoms with Crippen molar-refractivity contribution in [3.63, 3.8) is 0 Å². The van der Waals surface area contributed by atoms with Gasteiger partial charge >= 0.3 is 0 Å². The first kappa shape index (κ1) is 10.3. The third-order valence-corrected chi connectivity index (χ3v) is 2.02. The molecule has 0 aromatic carbocycles. The van der Waals surface area contributed by atoms with Gasteiger partial charge in [-0.05, 0) is 13.0 Å². The molecule has 6 heteroatoms. The van der Waals surface area contributed by atoms with Gasteiger partial charge in [-0.15, -0.1) is 0 Å². The molecule has 0 saturated heterocycles. The fraction of sp³-hybridized carbons (Fsp3) is 0.100. The molecule has 0 spiro atoms. The lowest BCUT2D eigenvalue weighted by molar-refractivity contribution is 0.102. The van der Waals surface area contributed by atoms with E-state index in [4.69, 9.17) is 4.52 Å². The van der Waals surface area contributed by atoms with E-state index >= 15 is 0 Å². The highest BCUT2D eigenvalue weighted by atomic mass is 19.1. The molecule has 2 aromatic rings. The van der Waals surface area contributed by atoms with Crippen molar-refractivity contribution in [2.24, 2.45) is 0 Å². The Hall–Kier alpha value is -2.24. The van der Waals surface area contributed by atoms with E-state index in [2.05, 4.69) is 15.5 Å². The molecule has 2 aromatic heterocycles. The summed E-state index contributed by atoms with van der Waals surface area (Å²) in [6.45, 7) is 1.64. The Kier molecular flexibility index (Phi) is 2.63. The Morgan fingerprint density at radius 3 is 2.94 bits per heavy atom. The summed E-state index contributed by atoms with van der Waals surface area (Å²) in [6, 6.07) is 1.30. The van der Waals surface area contributed by atoms with Gasteiger partial charge in [-0.25, -0.2) is 4.39 Å². The summed E-state index contributed by atoms with van der Waals surface area (Å²) >= 11 is 0. The van der Waals surface area contributed by atoms with Gasteiger partial charge in [0.05, 0.1) is 18.0 Å². The van der Waals surface area contributed by atoms with Gasteiger partial charge in [0, 0.05) is 6.20 Å². The lowest BCUT2D eigenvalue weighted by Gasteiger charge is -2.03. The van der Waals surface area contributed by atoms with Gasteiger partial charge in [-0.3, -0.25) is 9.78 Å². The van der Waals surface area contributed by atoms with Crippen molar-refractivity contribution in [3.8, 4) is 0 Å². The number of halogens is 1. The third-order valence-electron chi connectivity index (χ3n) is 2.02. The molecule has 0 fully saturated rings. The lowest BCUT2D eigenvalue weighted by Crippen LogP contribution is -2.14. The molecule has 0 aliphatic heterocycles. The standard InChI is InChI=1S/C10H8FN3O2/c1-6-9(5-13-16-6)14-10(15)7-2-3-12-4-8(7)11/h2-5H,1H3,(H,14,15). The van der Waals surface area contributed by atoms with Crippen molar-refractivity contribution < 1.29 is 13.7 Å². The molecule has 0 radical (unpaired) electrons. The Morgan fingerprint density at radius 2 is 2.31 bits per heavy atom. The minimum Gasteiger partial charge on any atom is -0.359 e. The number of aromatic nitrogens is 2. The number of carbonyl (C=O) groups excluding carboxylic acids is 1. The molecule has 2 rings (SSSR count). The first-order chi connectivity index (χ1) is 7.68. The number of hydrogen-bond acceptors (Lipinski definition) is 4. The van der Waals surface area contributed by atoms with Crippen LogP contribution >= 0.6 is 0 Å². The summed E-state index contributed by atoms with van der Waals surface area (Å²) in [7, 11) is 0. The van der Waals surface area contributed by atoms with E-state index < -0.39 is 11.7 Å². The molecule has 2 heterocycles. The Balaban J connectivity index is 2.22. The molecule has 5 nitrogen and oxygen atoms in total. The average Bonchev–Trinajstić information content (AvgIpc) is 2.65. The van der Waals surface area contributed by atoms with E-state index in [0.29, 0.717) is 11.4 Å². The van der Waals surface area contributed by atoms with Crippen molar-refractivity contribution in [1.29, 1.82) is 0 Å². The van der Waals surface area contributed by atoms with Crippen molar-refractivity contribution >= 4 is 11.6 Å². The van der Waals surface area contributed by atoms with Gasteiger partial charge in [-0.1, -0.05) is 5.16 Å². The number of rotatable bonds is 2. The number of aryl methyl sites for hydroxylation is 1. The van der Waals surface area contributed by atoms with Crippen molar-refractivity contribution in [1.82, 2.24) is 10.1 Å². The maximum absolute atomic E-state index is 13.2. The van der Waals surface area contributed by atoms with E-state index in [-0.39, 0.29) is 5.56 Å². The second kappa shape index (κ2) is 4.09. The van der Waals surface area contributed by atoms with Crippen LogP contribution in [0.1, 0.15) is 16.1 Å². The highest BCUT2D eigenvalue weighted by Gasteiger charge is 2.13. The number of amides is 1. The zero-order valence-electron chi connectivity index (χ0n) is 8.40. The number of hydrogen-bond donors (Lipinski definition) is 1. The summed E-state index contributed by atoms with van der Waals surface area (Å²) in [5.41, 5.74) is 0.344. The van der Waals surface area contributed by atoms with Crippen LogP contribution in [0, 0.1) is 12.7 Å². The van der Waals surface area contributed by atoms with Crippen LogP contribution in [0.4, 0.5) is 10.1 Å². The topological polar surface area (TPSA) is 68.0 Å². The number of carbonyl (C=O) groups is 1. The van der Waals surface area contributed by atoms with Crippen LogP contribution in [0.5, 0.6) is 0 Å². The van der Waals surface area contributed by atoms with Crippen LogP contribution in [0.25, 0.3) is 0 Å². The van der Waals surface area contributed by atoms with Gasteiger partial charge in [0.1, 0.15) is 5.69 Å². The van der Waals surface area contributed by atoms with Gasteiger partial charge in [0.2, 0.25) is 0 Å². The monoisotopic (exact) mass is 221 g/mol. The van der Waals surface area contributed by atoms with Gasteiger partial charge in [0.15, 0.2) is 11.6 Å². The van der Waals surface area contributed by atoms with Crippen LogP contribution in [0.3, 0.4) is 0 Å². The van der Waals surface area contributed by atoms with E-state index in [1.165, 1.54) is 18.5 Å². The fourth-order valence-electron chi connectivity index (χ4n) is 1.17. The summed E-state index contributed by atoms with van der Waals surface area (Å²) in [6.07, 6.45) is 3.68. The number of pyridine rings is 1. The van der Waals surface area contributed by atoms with Crippen molar-refractivity contribution in [2.45, 2.75) is 6.92 Å². The Bertz CT molecular complexity index is 524. The van der Waals surface area contributed by atoms with Crippen molar-refractivity contribution in [3.05, 3.63) is 41.8 Å². The highest BCUT2D eigenvalue weighted by Crippen LogP contribution is 2.14. The van der Waals surface area contributed by atoms with Crippen LogP contribution in [0.15, 0.2) is 29.2 Å². The summed E-state index contributed by atoms with van der Waals surface area (Å²) in [4.78, 5) is 15.2. The lowest BCUT2D eigenvalue weighted by atomic mass is 10.2. The maximum atomic E-state index is 13.2. The number of nitrogens with one attached hydrogen (secondary N) is 1. The molecular formula is C10H8FN3O2. The van der Waals surface area contributed by atoms with Crippen molar-refractivity contribution in [2.75, 3.05) is 5.32 Å². The van der Waals surface area contributed by atoms with E-state index in [9.17, 15) is 9.18 Å². The fourth-order valence-corrected chi connectivity index (χ4v) is 1.17. The van der Waals surface area contributed by atoms with E-state index in [1.807, 2.05) is 0 Å². The second-order valence-corrected chi connectivity index (χ2v) is 3.11. The highest BCUT2D eigenvalue weighted by molar-refractivity contribution is 6.04. The zero-order valence-corrected chi connectivity index (χ0v) is 8.40. The van der Waals surface area contributed by atoms with E-state index in [0.717, 1.165) is 6.20 Å². The molecule has 1 N–H and O–H groups in total. The van der Waals surface area contributed by atoms with Gasteiger partial charge in [0.25, 0.3) is 5.91 Å². The summed E-state index contributed by atoms with van der Waals surface area (Å²) < 4.78 is 18.0. The first-order valence-corrected chi connectivity index (χ1v) is 4.50. The van der Waals surface area contributed by atoms with Crippen LogP contribution in [0.2, 0.25) is 0 Å². The molecule has 82 valence electrons. The molecule has 0 atom stereocenters. The molecule has 0 aliphatic rings. The average molecular weight is 221 g/mol. The predicted molar refractivity (Wildman–Crippen MR) is 53.4 cm³/mol. The maximum Gasteiger partial charge on any atom is 0.258 e. The summed E-state index contributed by atoms with van der Waals surface area (Å²) in [5, 5.41) is 5.98. The molecule has 0 aliphatic carbocycles. The minimum atomic E-state index is -0.672. The molecule has 0 unspecified atom stereocenters. The summed E-state index contributed by atoms with van der Waals surface area (Å²) in [5.74, 6) is -0.775. The molecular weight excluding hydrogens is 213 g/mol. The number of anilines is 1. The Morgan fingerprint density at radius 1 is 1.50 bits per heavy atom. The normalized spacial score (nSPS) is 10.1. The van der Waals surface area contributed by atoms with Gasteiger partial charge < -0.3 is 9.84 Å². The molecule has 0 saturated carbocycles. The third kappa shape index (κ3) is 1.90. The quantitative estimate of drug-likeness (QED) is 0.839.